The number of piperidine rings is 1. The number of sulfonamides is 1. The summed E-state index contributed by atoms with van der Waals surface area (Å²) in [5.41, 5.74) is -0.372. The van der Waals surface area contributed by atoms with Crippen LogP contribution in [0.5, 0.6) is 5.75 Å². The third kappa shape index (κ3) is 3.71. The molecule has 1 aromatic rings. The number of rotatable bonds is 5. The molecule has 1 aliphatic heterocycles. The lowest BCUT2D eigenvalue weighted by molar-refractivity contribution is 0.308. The lowest BCUT2D eigenvalue weighted by atomic mass is 9.92. The minimum absolute atomic E-state index is 0.278. The molecule has 1 aromatic carbocycles. The van der Waals surface area contributed by atoms with Gasteiger partial charge in [0, 0.05) is 5.54 Å². The molecule has 6 heteroatoms. The summed E-state index contributed by atoms with van der Waals surface area (Å²) in [5.74, 6) is 0.680. The highest BCUT2D eigenvalue weighted by Crippen LogP contribution is 2.22. The summed E-state index contributed by atoms with van der Waals surface area (Å²) in [7, 11) is -3.48. The average Bonchev–Trinajstić information content (AvgIpc) is 2.39. The van der Waals surface area contributed by atoms with Gasteiger partial charge in [0.05, 0.1) is 11.5 Å². The molecule has 0 unspecified atom stereocenters. The van der Waals surface area contributed by atoms with Crippen LogP contribution < -0.4 is 14.8 Å². The molecule has 2 N–H and O–H groups in total. The van der Waals surface area contributed by atoms with E-state index >= 15 is 0 Å². The monoisotopic (exact) mass is 298 g/mol. The Morgan fingerprint density at radius 1 is 1.25 bits per heavy atom. The molecule has 2 rings (SSSR count). The van der Waals surface area contributed by atoms with Crippen LogP contribution in [0.25, 0.3) is 0 Å². The van der Waals surface area contributed by atoms with E-state index in [-0.39, 0.29) is 10.4 Å². The summed E-state index contributed by atoms with van der Waals surface area (Å²) in [4.78, 5) is 0.278. The van der Waals surface area contributed by atoms with E-state index in [0.717, 1.165) is 25.9 Å². The number of benzene rings is 1. The molecule has 112 valence electrons. The first-order valence-corrected chi connectivity index (χ1v) is 8.41. The highest BCUT2D eigenvalue weighted by Gasteiger charge is 2.31. The first kappa shape index (κ1) is 15.3. The molecule has 0 amide bonds. The maximum Gasteiger partial charge on any atom is 0.241 e. The number of hydrogen-bond donors (Lipinski definition) is 2. The molecule has 0 bridgehead atoms. The van der Waals surface area contributed by atoms with Gasteiger partial charge in [0.25, 0.3) is 0 Å². The van der Waals surface area contributed by atoms with E-state index < -0.39 is 10.0 Å². The molecule has 0 spiro atoms. The summed E-state index contributed by atoms with van der Waals surface area (Å²) >= 11 is 0. The summed E-state index contributed by atoms with van der Waals surface area (Å²) in [6.45, 7) is 6.09. The zero-order chi connectivity index (χ0) is 14.6. The molecule has 0 aliphatic carbocycles. The lowest BCUT2D eigenvalue weighted by Gasteiger charge is -2.34. The van der Waals surface area contributed by atoms with Crippen LogP contribution >= 0.6 is 0 Å². The van der Waals surface area contributed by atoms with Gasteiger partial charge >= 0.3 is 0 Å². The van der Waals surface area contributed by atoms with Gasteiger partial charge in [0.2, 0.25) is 10.0 Å². The Bertz CT molecular complexity index is 534. The van der Waals surface area contributed by atoms with Crippen LogP contribution in [0, 0.1) is 0 Å². The van der Waals surface area contributed by atoms with E-state index in [1.54, 1.807) is 24.3 Å². The Morgan fingerprint density at radius 3 is 2.40 bits per heavy atom. The summed E-state index contributed by atoms with van der Waals surface area (Å²) in [5, 5.41) is 3.24. The summed E-state index contributed by atoms with van der Waals surface area (Å²) in [6, 6.07) is 6.53. The molecule has 1 saturated heterocycles. The Balaban J connectivity index is 2.13. The van der Waals surface area contributed by atoms with Crippen molar-refractivity contribution < 1.29 is 13.2 Å². The van der Waals surface area contributed by atoms with Crippen LogP contribution in [0.3, 0.4) is 0 Å². The first-order valence-electron chi connectivity index (χ1n) is 6.93. The topological polar surface area (TPSA) is 67.4 Å². The van der Waals surface area contributed by atoms with E-state index in [2.05, 4.69) is 10.0 Å². The fraction of sp³-hybridized carbons (Fsp3) is 0.571. The van der Waals surface area contributed by atoms with Crippen molar-refractivity contribution in [2.45, 2.75) is 37.1 Å². The normalized spacial score (nSPS) is 18.7. The van der Waals surface area contributed by atoms with Crippen molar-refractivity contribution in [3.8, 4) is 5.75 Å². The van der Waals surface area contributed by atoms with Crippen molar-refractivity contribution in [2.75, 3.05) is 19.7 Å². The molecule has 20 heavy (non-hydrogen) atoms. The van der Waals surface area contributed by atoms with Crippen LogP contribution in [0.1, 0.15) is 26.7 Å². The first-order chi connectivity index (χ1) is 9.45. The van der Waals surface area contributed by atoms with Crippen molar-refractivity contribution >= 4 is 10.0 Å². The quantitative estimate of drug-likeness (QED) is 0.864. The minimum atomic E-state index is -3.48. The Labute approximate surface area is 120 Å². The highest BCUT2D eigenvalue weighted by molar-refractivity contribution is 7.89. The second-order valence-electron chi connectivity index (χ2n) is 5.32. The molecule has 1 aliphatic rings. The molecule has 0 atom stereocenters. The van der Waals surface area contributed by atoms with Crippen LogP contribution in [-0.2, 0) is 10.0 Å². The standard InChI is InChI=1S/C14H22N2O3S/c1-3-19-12-4-6-13(7-5-12)20(17,18)16-14(2)8-10-15-11-9-14/h4-7,15-16H,3,8-11H2,1-2H3. The van der Waals surface area contributed by atoms with E-state index in [9.17, 15) is 8.42 Å². The molecular formula is C14H22N2O3S. The molecule has 5 nitrogen and oxygen atoms in total. The summed E-state index contributed by atoms with van der Waals surface area (Å²) in [6.07, 6.45) is 1.59. The molecule has 0 saturated carbocycles. The zero-order valence-electron chi connectivity index (χ0n) is 12.0. The van der Waals surface area contributed by atoms with E-state index in [0.29, 0.717) is 12.4 Å². The van der Waals surface area contributed by atoms with Gasteiger partial charge in [-0.2, -0.15) is 0 Å². The molecule has 1 fully saturated rings. The molecular weight excluding hydrogens is 276 g/mol. The van der Waals surface area contributed by atoms with Crippen molar-refractivity contribution in [3.05, 3.63) is 24.3 Å². The number of nitrogens with one attached hydrogen (secondary N) is 2. The molecule has 0 aromatic heterocycles. The van der Waals surface area contributed by atoms with Gasteiger partial charge < -0.3 is 10.1 Å². The SMILES string of the molecule is CCOc1ccc(S(=O)(=O)NC2(C)CCNCC2)cc1. The third-order valence-electron chi connectivity index (χ3n) is 3.53. The summed E-state index contributed by atoms with van der Waals surface area (Å²) < 4.78 is 33.0. The fourth-order valence-electron chi connectivity index (χ4n) is 2.35. The smallest absolute Gasteiger partial charge is 0.241 e. The van der Waals surface area contributed by atoms with Crippen molar-refractivity contribution in [1.82, 2.24) is 10.0 Å². The maximum atomic E-state index is 12.4. The van der Waals surface area contributed by atoms with Crippen LogP contribution in [-0.4, -0.2) is 33.7 Å². The van der Waals surface area contributed by atoms with Crippen molar-refractivity contribution in [3.63, 3.8) is 0 Å². The second kappa shape index (κ2) is 6.11. The van der Waals surface area contributed by atoms with Gasteiger partial charge in [0.1, 0.15) is 5.75 Å². The predicted molar refractivity (Wildman–Crippen MR) is 78.4 cm³/mol. The zero-order valence-corrected chi connectivity index (χ0v) is 12.8. The highest BCUT2D eigenvalue weighted by atomic mass is 32.2. The van der Waals surface area contributed by atoms with E-state index in [1.165, 1.54) is 0 Å². The molecule has 0 radical (unpaired) electrons. The van der Waals surface area contributed by atoms with Crippen LogP contribution in [0.4, 0.5) is 0 Å². The minimum Gasteiger partial charge on any atom is -0.494 e. The van der Waals surface area contributed by atoms with E-state index in [1.807, 2.05) is 13.8 Å². The van der Waals surface area contributed by atoms with Gasteiger partial charge in [0.15, 0.2) is 0 Å². The Kier molecular flexibility index (Phi) is 4.67. The van der Waals surface area contributed by atoms with Crippen molar-refractivity contribution in [2.24, 2.45) is 0 Å². The van der Waals surface area contributed by atoms with Crippen LogP contribution in [0.15, 0.2) is 29.2 Å². The van der Waals surface area contributed by atoms with Crippen molar-refractivity contribution in [1.29, 1.82) is 0 Å². The molecule has 1 heterocycles. The van der Waals surface area contributed by atoms with Gasteiger partial charge in [-0.05, 0) is 64.0 Å². The lowest BCUT2D eigenvalue weighted by Crippen LogP contribution is -2.52. The van der Waals surface area contributed by atoms with Gasteiger partial charge in [-0.25, -0.2) is 13.1 Å². The predicted octanol–water partition coefficient (Wildman–Crippen LogP) is 1.51. The largest absolute Gasteiger partial charge is 0.494 e. The maximum absolute atomic E-state index is 12.4. The second-order valence-corrected chi connectivity index (χ2v) is 7.00. The van der Waals surface area contributed by atoms with E-state index in [4.69, 9.17) is 4.74 Å². The third-order valence-corrected chi connectivity index (χ3v) is 5.19. The van der Waals surface area contributed by atoms with Crippen LogP contribution in [0.2, 0.25) is 0 Å². The average molecular weight is 298 g/mol. The Hall–Kier alpha value is -1.11. The Morgan fingerprint density at radius 2 is 1.85 bits per heavy atom. The fourth-order valence-corrected chi connectivity index (χ4v) is 3.81. The van der Waals surface area contributed by atoms with Gasteiger partial charge in [-0.1, -0.05) is 0 Å². The van der Waals surface area contributed by atoms with Gasteiger partial charge in [-0.15, -0.1) is 0 Å². The number of ether oxygens (including phenoxy) is 1. The van der Waals surface area contributed by atoms with Gasteiger partial charge in [-0.3, -0.25) is 0 Å². The number of hydrogen-bond acceptors (Lipinski definition) is 4.